The summed E-state index contributed by atoms with van der Waals surface area (Å²) < 4.78 is 0. The van der Waals surface area contributed by atoms with Gasteiger partial charge in [-0.05, 0) is 18.1 Å². The molecule has 1 fully saturated rings. The lowest BCUT2D eigenvalue weighted by molar-refractivity contribution is -0.134. The van der Waals surface area contributed by atoms with Crippen LogP contribution < -0.4 is 11.1 Å². The number of rotatable bonds is 1. The Morgan fingerprint density at radius 1 is 1.32 bits per heavy atom. The van der Waals surface area contributed by atoms with E-state index in [0.717, 1.165) is 16.3 Å². The number of nitrogens with two attached hydrogens (primary N) is 1. The predicted molar refractivity (Wildman–Crippen MR) is 69.1 cm³/mol. The highest BCUT2D eigenvalue weighted by Crippen LogP contribution is 2.28. The van der Waals surface area contributed by atoms with Gasteiger partial charge in [-0.3, -0.25) is 14.9 Å². The second-order valence-corrected chi connectivity index (χ2v) is 4.58. The number of carbonyl (C=O) groups is 2. The van der Waals surface area contributed by atoms with Crippen molar-refractivity contribution in [2.24, 2.45) is 0 Å². The Morgan fingerprint density at radius 2 is 2.16 bits per heavy atom. The average Bonchev–Trinajstić information content (AvgIpc) is 2.39. The third-order valence-electron chi connectivity index (χ3n) is 3.36. The number of benzene rings is 1. The van der Waals surface area contributed by atoms with Gasteiger partial charge in [0.05, 0.1) is 12.1 Å². The third-order valence-corrected chi connectivity index (χ3v) is 3.36. The molecule has 3 N–H and O–H groups in total. The molecule has 1 aromatic carbocycles. The van der Waals surface area contributed by atoms with Crippen molar-refractivity contribution >= 4 is 28.4 Å². The summed E-state index contributed by atoms with van der Waals surface area (Å²) in [6.45, 7) is 0. The van der Waals surface area contributed by atoms with Crippen LogP contribution in [0.5, 0.6) is 0 Å². The molecule has 2 amide bonds. The summed E-state index contributed by atoms with van der Waals surface area (Å²) in [4.78, 5) is 23.0. The highest BCUT2D eigenvalue weighted by atomic mass is 16.2. The van der Waals surface area contributed by atoms with Crippen molar-refractivity contribution in [3.8, 4) is 0 Å². The van der Waals surface area contributed by atoms with E-state index in [2.05, 4.69) is 15.5 Å². The second kappa shape index (κ2) is 4.31. The molecule has 19 heavy (non-hydrogen) atoms. The van der Waals surface area contributed by atoms with Crippen LogP contribution in [0.3, 0.4) is 0 Å². The van der Waals surface area contributed by atoms with E-state index in [9.17, 15) is 9.59 Å². The lowest BCUT2D eigenvalue weighted by Gasteiger charge is -2.21. The summed E-state index contributed by atoms with van der Waals surface area (Å²) in [6, 6.07) is 5.57. The molecule has 2 aromatic rings. The van der Waals surface area contributed by atoms with Gasteiger partial charge in [0.25, 0.3) is 0 Å². The quantitative estimate of drug-likeness (QED) is 0.733. The highest BCUT2D eigenvalue weighted by Gasteiger charge is 2.28. The molecule has 6 heteroatoms. The van der Waals surface area contributed by atoms with Crippen molar-refractivity contribution in [2.75, 3.05) is 5.73 Å². The third kappa shape index (κ3) is 2.01. The van der Waals surface area contributed by atoms with E-state index >= 15 is 0 Å². The Balaban J connectivity index is 2.04. The maximum absolute atomic E-state index is 11.8. The van der Waals surface area contributed by atoms with Crippen LogP contribution in [0.25, 0.3) is 10.8 Å². The van der Waals surface area contributed by atoms with Gasteiger partial charge < -0.3 is 5.73 Å². The van der Waals surface area contributed by atoms with Crippen molar-refractivity contribution in [1.82, 2.24) is 15.5 Å². The van der Waals surface area contributed by atoms with E-state index in [1.165, 1.54) is 0 Å². The minimum atomic E-state index is -0.310. The summed E-state index contributed by atoms with van der Waals surface area (Å²) in [7, 11) is 0. The van der Waals surface area contributed by atoms with Crippen molar-refractivity contribution in [3.05, 3.63) is 30.0 Å². The van der Waals surface area contributed by atoms with E-state index in [-0.39, 0.29) is 17.7 Å². The molecule has 0 bridgehead atoms. The van der Waals surface area contributed by atoms with Gasteiger partial charge in [0.2, 0.25) is 11.8 Å². The zero-order valence-electron chi connectivity index (χ0n) is 10.1. The molecule has 6 nitrogen and oxygen atoms in total. The fourth-order valence-electron chi connectivity index (χ4n) is 2.34. The summed E-state index contributed by atoms with van der Waals surface area (Å²) >= 11 is 0. The second-order valence-electron chi connectivity index (χ2n) is 4.58. The van der Waals surface area contributed by atoms with Gasteiger partial charge in [-0.1, -0.05) is 12.1 Å². The molecular weight excluding hydrogens is 244 g/mol. The van der Waals surface area contributed by atoms with Crippen LogP contribution in [0.4, 0.5) is 5.82 Å². The number of aromatic nitrogens is 2. The SMILES string of the molecule is Nc1nncc2ccc(C3CCC(=O)NC3=O)cc12. The molecule has 1 aliphatic heterocycles. The van der Waals surface area contributed by atoms with E-state index in [1.807, 2.05) is 18.2 Å². The largest absolute Gasteiger partial charge is 0.382 e. The Morgan fingerprint density at radius 3 is 2.95 bits per heavy atom. The number of anilines is 1. The number of piperidine rings is 1. The fourth-order valence-corrected chi connectivity index (χ4v) is 2.34. The zero-order valence-corrected chi connectivity index (χ0v) is 10.1. The highest BCUT2D eigenvalue weighted by molar-refractivity contribution is 6.01. The molecule has 2 heterocycles. The van der Waals surface area contributed by atoms with E-state index < -0.39 is 0 Å². The van der Waals surface area contributed by atoms with Crippen molar-refractivity contribution < 1.29 is 9.59 Å². The number of nitrogens with one attached hydrogen (secondary N) is 1. The number of carbonyl (C=O) groups excluding carboxylic acids is 2. The number of nitrogen functional groups attached to an aromatic ring is 1. The molecule has 3 rings (SSSR count). The Bertz CT molecular complexity index is 683. The maximum Gasteiger partial charge on any atom is 0.234 e. The molecule has 1 atom stereocenters. The number of hydrogen-bond donors (Lipinski definition) is 2. The minimum Gasteiger partial charge on any atom is -0.382 e. The first-order chi connectivity index (χ1) is 9.15. The smallest absolute Gasteiger partial charge is 0.234 e. The maximum atomic E-state index is 11.8. The van der Waals surface area contributed by atoms with Crippen LogP contribution in [0.2, 0.25) is 0 Å². The van der Waals surface area contributed by atoms with Gasteiger partial charge in [0.15, 0.2) is 5.82 Å². The number of fused-ring (bicyclic) bond motifs is 1. The van der Waals surface area contributed by atoms with Crippen molar-refractivity contribution in [1.29, 1.82) is 0 Å². The van der Waals surface area contributed by atoms with Gasteiger partial charge in [0.1, 0.15) is 0 Å². The van der Waals surface area contributed by atoms with Crippen molar-refractivity contribution in [3.63, 3.8) is 0 Å². The Kier molecular flexibility index (Phi) is 2.63. The lowest BCUT2D eigenvalue weighted by atomic mass is 9.89. The van der Waals surface area contributed by atoms with Gasteiger partial charge in [-0.15, -0.1) is 5.10 Å². The predicted octanol–water partition coefficient (Wildman–Crippen LogP) is 0.732. The molecule has 1 aromatic heterocycles. The van der Waals surface area contributed by atoms with Crippen LogP contribution in [0.1, 0.15) is 24.3 Å². The Labute approximate surface area is 109 Å². The van der Waals surface area contributed by atoms with E-state index in [1.54, 1.807) is 6.20 Å². The van der Waals surface area contributed by atoms with Gasteiger partial charge in [0, 0.05) is 17.2 Å². The molecule has 1 unspecified atom stereocenters. The van der Waals surface area contributed by atoms with Crippen LogP contribution in [-0.2, 0) is 9.59 Å². The molecule has 1 aliphatic rings. The van der Waals surface area contributed by atoms with Crippen LogP contribution in [0, 0.1) is 0 Å². The molecule has 0 aliphatic carbocycles. The first-order valence-electron chi connectivity index (χ1n) is 5.99. The number of imide groups is 1. The standard InChI is InChI=1S/C13H12N4O2/c14-12-10-5-7(1-2-8(10)6-15-17-12)9-3-4-11(18)16-13(9)19/h1-2,5-6,9H,3-4H2,(H2,14,17)(H,16,18,19). The average molecular weight is 256 g/mol. The summed E-state index contributed by atoms with van der Waals surface area (Å²) in [5, 5.41) is 11.6. The van der Waals surface area contributed by atoms with E-state index in [0.29, 0.717) is 18.7 Å². The summed E-state index contributed by atoms with van der Waals surface area (Å²) in [6.07, 6.45) is 2.51. The van der Waals surface area contributed by atoms with Crippen LogP contribution in [0.15, 0.2) is 24.4 Å². The Hall–Kier alpha value is -2.50. The molecule has 96 valence electrons. The monoisotopic (exact) mass is 256 g/mol. The number of hydrogen-bond acceptors (Lipinski definition) is 5. The van der Waals surface area contributed by atoms with E-state index in [4.69, 9.17) is 5.73 Å². The zero-order chi connectivity index (χ0) is 13.4. The minimum absolute atomic E-state index is 0.215. The van der Waals surface area contributed by atoms with Gasteiger partial charge >= 0.3 is 0 Å². The molecule has 0 radical (unpaired) electrons. The normalized spacial score (nSPS) is 19.5. The van der Waals surface area contributed by atoms with Crippen molar-refractivity contribution in [2.45, 2.75) is 18.8 Å². The molecule has 0 spiro atoms. The van der Waals surface area contributed by atoms with Gasteiger partial charge in [-0.25, -0.2) is 0 Å². The summed E-state index contributed by atoms with van der Waals surface area (Å²) in [5.41, 5.74) is 6.63. The first kappa shape index (κ1) is 11.6. The topological polar surface area (TPSA) is 98.0 Å². The number of nitrogens with zero attached hydrogens (tertiary/aromatic N) is 2. The first-order valence-corrected chi connectivity index (χ1v) is 5.99. The molecule has 0 saturated carbocycles. The summed E-state index contributed by atoms with van der Waals surface area (Å²) in [5.74, 6) is -0.440. The van der Waals surface area contributed by atoms with Crippen LogP contribution >= 0.6 is 0 Å². The lowest BCUT2D eigenvalue weighted by Crippen LogP contribution is -2.39. The van der Waals surface area contributed by atoms with Gasteiger partial charge in [-0.2, -0.15) is 5.10 Å². The van der Waals surface area contributed by atoms with Crippen LogP contribution in [-0.4, -0.2) is 22.0 Å². The molecular formula is C13H12N4O2. The number of amides is 2. The fraction of sp³-hybridized carbons (Fsp3) is 0.231. The molecule has 1 saturated heterocycles.